The highest BCUT2D eigenvalue weighted by molar-refractivity contribution is 5.77. The van der Waals surface area contributed by atoms with Crippen molar-refractivity contribution in [1.29, 1.82) is 5.26 Å². The van der Waals surface area contributed by atoms with E-state index in [1.54, 1.807) is 0 Å². The van der Waals surface area contributed by atoms with Crippen LogP contribution in [0.4, 0.5) is 0 Å². The minimum absolute atomic E-state index is 0.152. The highest BCUT2D eigenvalue weighted by atomic mass is 16.2. The number of amides is 1. The van der Waals surface area contributed by atoms with Crippen LogP contribution in [0.1, 0.15) is 30.9 Å². The normalized spacial score (nSPS) is 14.8. The van der Waals surface area contributed by atoms with Gasteiger partial charge in [0.1, 0.15) is 5.41 Å². The molecule has 1 aliphatic rings. The second kappa shape index (κ2) is 6.88. The van der Waals surface area contributed by atoms with Crippen LogP contribution in [-0.2, 0) is 10.2 Å². The standard InChI is InChI=1S/C21H22N2O/c1-17-14-23(15-17)20(24)12-13-21(16-22,18-8-4-2-5-9-18)19-10-6-3-7-11-19/h2-11,17H,12-15H2,1H3. The van der Waals surface area contributed by atoms with Gasteiger partial charge < -0.3 is 4.90 Å². The van der Waals surface area contributed by atoms with Crippen LogP contribution in [0.25, 0.3) is 0 Å². The van der Waals surface area contributed by atoms with E-state index in [2.05, 4.69) is 13.0 Å². The maximum Gasteiger partial charge on any atom is 0.222 e. The fourth-order valence-electron chi connectivity index (χ4n) is 3.44. The summed E-state index contributed by atoms with van der Waals surface area (Å²) >= 11 is 0. The van der Waals surface area contributed by atoms with Crippen molar-refractivity contribution in [1.82, 2.24) is 4.90 Å². The van der Waals surface area contributed by atoms with Crippen LogP contribution in [0.5, 0.6) is 0 Å². The van der Waals surface area contributed by atoms with Crippen molar-refractivity contribution in [3.63, 3.8) is 0 Å². The predicted molar refractivity (Wildman–Crippen MR) is 94.3 cm³/mol. The largest absolute Gasteiger partial charge is 0.342 e. The molecule has 0 bridgehead atoms. The number of nitriles is 1. The first-order valence-corrected chi connectivity index (χ1v) is 8.46. The maximum atomic E-state index is 12.4. The molecule has 1 saturated heterocycles. The van der Waals surface area contributed by atoms with E-state index in [4.69, 9.17) is 0 Å². The first-order valence-electron chi connectivity index (χ1n) is 8.46. The fraction of sp³-hybridized carbons (Fsp3) is 0.333. The van der Waals surface area contributed by atoms with E-state index in [0.29, 0.717) is 18.8 Å². The zero-order valence-corrected chi connectivity index (χ0v) is 14.0. The van der Waals surface area contributed by atoms with E-state index in [-0.39, 0.29) is 5.91 Å². The zero-order valence-electron chi connectivity index (χ0n) is 14.0. The van der Waals surface area contributed by atoms with E-state index in [1.165, 1.54) is 0 Å². The highest BCUT2D eigenvalue weighted by Crippen LogP contribution is 2.36. The lowest BCUT2D eigenvalue weighted by atomic mass is 9.72. The summed E-state index contributed by atoms with van der Waals surface area (Å²) in [6.07, 6.45) is 0.894. The molecule has 3 rings (SSSR count). The van der Waals surface area contributed by atoms with Crippen molar-refractivity contribution in [2.45, 2.75) is 25.2 Å². The maximum absolute atomic E-state index is 12.4. The summed E-state index contributed by atoms with van der Waals surface area (Å²) in [7, 11) is 0. The Morgan fingerprint density at radius 3 is 2.00 bits per heavy atom. The minimum Gasteiger partial charge on any atom is -0.342 e. The first kappa shape index (κ1) is 16.3. The van der Waals surface area contributed by atoms with Gasteiger partial charge in [-0.3, -0.25) is 4.79 Å². The van der Waals surface area contributed by atoms with Gasteiger partial charge in [-0.25, -0.2) is 0 Å². The van der Waals surface area contributed by atoms with Crippen LogP contribution < -0.4 is 0 Å². The number of benzene rings is 2. The second-order valence-corrected chi connectivity index (χ2v) is 6.65. The van der Waals surface area contributed by atoms with Gasteiger partial charge in [0.2, 0.25) is 5.91 Å². The number of nitrogens with zero attached hydrogens (tertiary/aromatic N) is 2. The summed E-state index contributed by atoms with van der Waals surface area (Å²) in [6.45, 7) is 3.83. The van der Waals surface area contributed by atoms with Crippen LogP contribution in [0.3, 0.4) is 0 Å². The summed E-state index contributed by atoms with van der Waals surface area (Å²) < 4.78 is 0. The van der Waals surface area contributed by atoms with Crippen molar-refractivity contribution in [2.75, 3.05) is 13.1 Å². The first-order chi connectivity index (χ1) is 11.7. The molecule has 0 aliphatic carbocycles. The zero-order chi connectivity index (χ0) is 17.0. The third-order valence-corrected chi connectivity index (χ3v) is 4.85. The molecule has 0 spiro atoms. The third kappa shape index (κ3) is 3.05. The number of carbonyl (C=O) groups is 1. The van der Waals surface area contributed by atoms with Crippen molar-refractivity contribution in [3.05, 3.63) is 71.8 Å². The van der Waals surface area contributed by atoms with Crippen LogP contribution in [0.2, 0.25) is 0 Å². The molecule has 3 nitrogen and oxygen atoms in total. The van der Waals surface area contributed by atoms with E-state index >= 15 is 0 Å². The average Bonchev–Trinajstić information content (AvgIpc) is 2.61. The average molecular weight is 318 g/mol. The summed E-state index contributed by atoms with van der Waals surface area (Å²) in [6, 6.07) is 22.1. The van der Waals surface area contributed by atoms with Gasteiger partial charge in [0.25, 0.3) is 0 Å². The number of likely N-dealkylation sites (tertiary alicyclic amines) is 1. The van der Waals surface area contributed by atoms with E-state index in [9.17, 15) is 10.1 Å². The molecule has 24 heavy (non-hydrogen) atoms. The second-order valence-electron chi connectivity index (χ2n) is 6.65. The molecule has 2 aromatic rings. The summed E-state index contributed by atoms with van der Waals surface area (Å²) in [5.74, 6) is 0.748. The lowest BCUT2D eigenvalue weighted by Crippen LogP contribution is -2.49. The smallest absolute Gasteiger partial charge is 0.222 e. The number of hydrogen-bond donors (Lipinski definition) is 0. The Morgan fingerprint density at radius 2 is 1.58 bits per heavy atom. The Morgan fingerprint density at radius 1 is 1.08 bits per heavy atom. The molecule has 1 heterocycles. The SMILES string of the molecule is CC1CN(C(=O)CCC(C#N)(c2ccccc2)c2ccccc2)C1. The van der Waals surface area contributed by atoms with Gasteiger partial charge in [-0.05, 0) is 23.5 Å². The summed E-state index contributed by atoms with van der Waals surface area (Å²) in [5, 5.41) is 10.1. The lowest BCUT2D eigenvalue weighted by Gasteiger charge is -2.38. The monoisotopic (exact) mass is 318 g/mol. The molecule has 1 aliphatic heterocycles. The van der Waals surface area contributed by atoms with Crippen LogP contribution >= 0.6 is 0 Å². The van der Waals surface area contributed by atoms with Gasteiger partial charge in [0.05, 0.1) is 6.07 Å². The Hall–Kier alpha value is -2.60. The molecular formula is C21H22N2O. The molecule has 0 aromatic heterocycles. The third-order valence-electron chi connectivity index (χ3n) is 4.85. The van der Waals surface area contributed by atoms with Crippen LogP contribution in [0.15, 0.2) is 60.7 Å². The van der Waals surface area contributed by atoms with Crippen LogP contribution in [-0.4, -0.2) is 23.9 Å². The Labute approximate surface area is 143 Å². The molecule has 3 heteroatoms. The predicted octanol–water partition coefficient (Wildman–Crippen LogP) is 3.75. The van der Waals surface area contributed by atoms with Gasteiger partial charge in [-0.2, -0.15) is 5.26 Å². The van der Waals surface area contributed by atoms with Crippen LogP contribution in [0, 0.1) is 17.2 Å². The molecule has 0 N–H and O–H groups in total. The van der Waals surface area contributed by atoms with Gasteiger partial charge >= 0.3 is 0 Å². The molecule has 2 aromatic carbocycles. The lowest BCUT2D eigenvalue weighted by molar-refractivity contribution is -0.137. The highest BCUT2D eigenvalue weighted by Gasteiger charge is 2.36. The molecule has 0 saturated carbocycles. The molecular weight excluding hydrogens is 296 g/mol. The molecule has 1 fully saturated rings. The molecule has 1 amide bonds. The van der Waals surface area contributed by atoms with Gasteiger partial charge in [-0.15, -0.1) is 0 Å². The number of rotatable bonds is 5. The van der Waals surface area contributed by atoms with Crippen molar-refractivity contribution in [2.24, 2.45) is 5.92 Å². The number of hydrogen-bond acceptors (Lipinski definition) is 2. The van der Waals surface area contributed by atoms with Gasteiger partial charge in [-0.1, -0.05) is 67.6 Å². The van der Waals surface area contributed by atoms with Crippen molar-refractivity contribution < 1.29 is 4.79 Å². The molecule has 0 radical (unpaired) electrons. The Bertz CT molecular complexity index is 688. The minimum atomic E-state index is -0.783. The fourth-order valence-corrected chi connectivity index (χ4v) is 3.44. The quantitative estimate of drug-likeness (QED) is 0.842. The Kier molecular flexibility index (Phi) is 4.66. The summed E-state index contributed by atoms with van der Waals surface area (Å²) in [5.41, 5.74) is 1.11. The molecule has 0 atom stereocenters. The van der Waals surface area contributed by atoms with Crippen molar-refractivity contribution in [3.8, 4) is 6.07 Å². The van der Waals surface area contributed by atoms with E-state index in [1.807, 2.05) is 65.6 Å². The summed E-state index contributed by atoms with van der Waals surface area (Å²) in [4.78, 5) is 14.3. The van der Waals surface area contributed by atoms with E-state index in [0.717, 1.165) is 24.2 Å². The van der Waals surface area contributed by atoms with Crippen molar-refractivity contribution >= 4 is 5.91 Å². The van der Waals surface area contributed by atoms with Gasteiger partial charge in [0.15, 0.2) is 0 Å². The van der Waals surface area contributed by atoms with Gasteiger partial charge in [0, 0.05) is 19.5 Å². The molecule has 122 valence electrons. The number of carbonyl (C=O) groups excluding carboxylic acids is 1. The topological polar surface area (TPSA) is 44.1 Å². The molecule has 0 unspecified atom stereocenters. The Balaban J connectivity index is 1.88. The van der Waals surface area contributed by atoms with E-state index < -0.39 is 5.41 Å².